The highest BCUT2D eigenvalue weighted by molar-refractivity contribution is 5.09. The fourth-order valence-corrected chi connectivity index (χ4v) is 1.49. The third kappa shape index (κ3) is 2.21. The number of hydrogen-bond acceptors (Lipinski definition) is 4. The maximum Gasteiger partial charge on any atom is 0.254 e. The van der Waals surface area contributed by atoms with Crippen LogP contribution in [0.2, 0.25) is 0 Å². The normalized spacial score (nSPS) is 23.0. The van der Waals surface area contributed by atoms with Crippen molar-refractivity contribution in [3.63, 3.8) is 0 Å². The van der Waals surface area contributed by atoms with Gasteiger partial charge in [0.05, 0.1) is 0 Å². The molecule has 1 aliphatic rings. The van der Waals surface area contributed by atoms with Gasteiger partial charge in [-0.2, -0.15) is 0 Å². The zero-order chi connectivity index (χ0) is 9.10. The highest BCUT2D eigenvalue weighted by atomic mass is 16.5. The van der Waals surface area contributed by atoms with Crippen LogP contribution in [0.1, 0.15) is 18.6 Å². The highest BCUT2D eigenvalue weighted by Gasteiger charge is 2.15. The van der Waals surface area contributed by atoms with E-state index in [1.165, 1.54) is 6.42 Å². The van der Waals surface area contributed by atoms with Crippen molar-refractivity contribution in [1.82, 2.24) is 10.5 Å². The first kappa shape index (κ1) is 8.56. The number of nitrogens with one attached hydrogen (secondary N) is 1. The lowest BCUT2D eigenvalue weighted by atomic mass is 10.1. The summed E-state index contributed by atoms with van der Waals surface area (Å²) in [5.41, 5.74) is 0. The summed E-state index contributed by atoms with van der Waals surface area (Å²) in [5.74, 6) is 1.39. The molecule has 0 amide bonds. The number of ether oxygens (including phenoxy) is 1. The van der Waals surface area contributed by atoms with Crippen LogP contribution in [0.25, 0.3) is 0 Å². The molecule has 0 radical (unpaired) electrons. The highest BCUT2D eigenvalue weighted by Crippen LogP contribution is 2.14. The second kappa shape index (κ2) is 3.79. The van der Waals surface area contributed by atoms with Gasteiger partial charge in [-0.15, -0.1) is 0 Å². The molecule has 0 bridgehead atoms. The summed E-state index contributed by atoms with van der Waals surface area (Å²) in [4.78, 5) is 0. The van der Waals surface area contributed by atoms with Crippen LogP contribution in [0.3, 0.4) is 0 Å². The maximum absolute atomic E-state index is 5.61. The van der Waals surface area contributed by atoms with Crippen molar-refractivity contribution in [2.75, 3.05) is 13.1 Å². The molecular formula is C9H14N2O2. The van der Waals surface area contributed by atoms with Crippen LogP contribution in [0.5, 0.6) is 5.88 Å². The number of nitrogens with zero attached hydrogens (tertiary/aromatic N) is 1. The molecular weight excluding hydrogens is 168 g/mol. The summed E-state index contributed by atoms with van der Waals surface area (Å²) in [6.45, 7) is 3.86. The molecule has 1 saturated heterocycles. The predicted octanol–water partition coefficient (Wildman–Crippen LogP) is 1.11. The topological polar surface area (TPSA) is 47.3 Å². The van der Waals surface area contributed by atoms with Crippen LogP contribution in [0, 0.1) is 6.92 Å². The molecule has 1 aromatic heterocycles. The van der Waals surface area contributed by atoms with Crippen LogP contribution in [0.4, 0.5) is 0 Å². The fraction of sp³-hybridized carbons (Fsp3) is 0.667. The summed E-state index contributed by atoms with van der Waals surface area (Å²) in [6, 6.07) is 1.81. The van der Waals surface area contributed by atoms with Crippen molar-refractivity contribution in [2.24, 2.45) is 0 Å². The van der Waals surface area contributed by atoms with Crippen molar-refractivity contribution in [2.45, 2.75) is 25.9 Å². The van der Waals surface area contributed by atoms with Gasteiger partial charge in [0.15, 0.2) is 0 Å². The Balaban J connectivity index is 1.89. The Hall–Kier alpha value is -1.03. The first-order valence-electron chi connectivity index (χ1n) is 4.65. The Labute approximate surface area is 77.2 Å². The molecule has 0 saturated carbocycles. The van der Waals surface area contributed by atoms with E-state index in [1.54, 1.807) is 0 Å². The van der Waals surface area contributed by atoms with Gasteiger partial charge >= 0.3 is 0 Å². The van der Waals surface area contributed by atoms with E-state index < -0.39 is 0 Å². The first-order valence-corrected chi connectivity index (χ1v) is 4.65. The summed E-state index contributed by atoms with van der Waals surface area (Å²) >= 11 is 0. The SMILES string of the molecule is Cc1cc(OC2CCCNC2)no1. The second-order valence-electron chi connectivity index (χ2n) is 3.36. The van der Waals surface area contributed by atoms with Crippen molar-refractivity contribution in [1.29, 1.82) is 0 Å². The van der Waals surface area contributed by atoms with Crippen LogP contribution in [-0.2, 0) is 0 Å². The van der Waals surface area contributed by atoms with Crippen LogP contribution >= 0.6 is 0 Å². The lowest BCUT2D eigenvalue weighted by molar-refractivity contribution is 0.153. The molecule has 2 rings (SSSR count). The van der Waals surface area contributed by atoms with Crippen LogP contribution in [0.15, 0.2) is 10.6 Å². The standard InChI is InChI=1S/C9H14N2O2/c1-7-5-9(11-13-7)12-8-3-2-4-10-6-8/h5,8,10H,2-4,6H2,1H3. The third-order valence-corrected chi connectivity index (χ3v) is 2.15. The smallest absolute Gasteiger partial charge is 0.254 e. The number of piperidine rings is 1. The zero-order valence-electron chi connectivity index (χ0n) is 7.75. The minimum atomic E-state index is 0.248. The van der Waals surface area contributed by atoms with Gasteiger partial charge in [-0.3, -0.25) is 0 Å². The molecule has 72 valence electrons. The number of aryl methyl sites for hydroxylation is 1. The van der Waals surface area contributed by atoms with Crippen LogP contribution < -0.4 is 10.1 Å². The lowest BCUT2D eigenvalue weighted by Gasteiger charge is -2.22. The molecule has 1 fully saturated rings. The van der Waals surface area contributed by atoms with Gasteiger partial charge in [0.2, 0.25) is 0 Å². The van der Waals surface area contributed by atoms with E-state index >= 15 is 0 Å². The molecule has 1 aliphatic heterocycles. The van der Waals surface area contributed by atoms with Crippen molar-refractivity contribution < 1.29 is 9.26 Å². The molecule has 0 aliphatic carbocycles. The Kier molecular flexibility index (Phi) is 2.49. The van der Waals surface area contributed by atoms with Crippen molar-refractivity contribution in [3.05, 3.63) is 11.8 Å². The summed E-state index contributed by atoms with van der Waals surface area (Å²) in [5, 5.41) is 7.06. The van der Waals surface area contributed by atoms with Crippen molar-refractivity contribution in [3.8, 4) is 5.88 Å². The molecule has 0 aromatic carbocycles. The Morgan fingerprint density at radius 2 is 2.62 bits per heavy atom. The van der Waals surface area contributed by atoms with Crippen LogP contribution in [-0.4, -0.2) is 24.4 Å². The first-order chi connectivity index (χ1) is 6.34. The molecule has 13 heavy (non-hydrogen) atoms. The van der Waals surface area contributed by atoms with Gasteiger partial charge < -0.3 is 14.6 Å². The van der Waals surface area contributed by atoms with Gasteiger partial charge in [0.1, 0.15) is 11.9 Å². The van der Waals surface area contributed by atoms with E-state index in [0.717, 1.165) is 25.3 Å². The summed E-state index contributed by atoms with van der Waals surface area (Å²) in [7, 11) is 0. The Morgan fingerprint density at radius 1 is 1.69 bits per heavy atom. The average molecular weight is 182 g/mol. The van der Waals surface area contributed by atoms with Gasteiger partial charge in [-0.1, -0.05) is 0 Å². The molecule has 1 aromatic rings. The molecule has 1 atom stereocenters. The molecule has 1 unspecified atom stereocenters. The van der Waals surface area contributed by atoms with Gasteiger partial charge in [-0.25, -0.2) is 0 Å². The van der Waals surface area contributed by atoms with E-state index in [0.29, 0.717) is 5.88 Å². The lowest BCUT2D eigenvalue weighted by Crippen LogP contribution is -2.37. The molecule has 1 N–H and O–H groups in total. The van der Waals surface area contributed by atoms with E-state index in [1.807, 2.05) is 13.0 Å². The predicted molar refractivity (Wildman–Crippen MR) is 47.8 cm³/mol. The summed E-state index contributed by atoms with van der Waals surface area (Å²) in [6.07, 6.45) is 2.51. The van der Waals surface area contributed by atoms with Crippen molar-refractivity contribution >= 4 is 0 Å². The average Bonchev–Trinajstić information content (AvgIpc) is 2.53. The number of aromatic nitrogens is 1. The van der Waals surface area contributed by atoms with E-state index in [4.69, 9.17) is 9.26 Å². The molecule has 2 heterocycles. The largest absolute Gasteiger partial charge is 0.471 e. The minimum Gasteiger partial charge on any atom is -0.471 e. The summed E-state index contributed by atoms with van der Waals surface area (Å²) < 4.78 is 10.5. The molecule has 4 heteroatoms. The molecule has 0 spiro atoms. The van der Waals surface area contributed by atoms with Gasteiger partial charge in [0.25, 0.3) is 5.88 Å². The number of rotatable bonds is 2. The monoisotopic (exact) mass is 182 g/mol. The Bertz CT molecular complexity index is 266. The number of hydrogen-bond donors (Lipinski definition) is 1. The minimum absolute atomic E-state index is 0.248. The van der Waals surface area contributed by atoms with Gasteiger partial charge in [0, 0.05) is 12.6 Å². The third-order valence-electron chi connectivity index (χ3n) is 2.15. The quantitative estimate of drug-likeness (QED) is 0.744. The Morgan fingerprint density at radius 3 is 3.23 bits per heavy atom. The van der Waals surface area contributed by atoms with E-state index in [-0.39, 0.29) is 6.10 Å². The van der Waals surface area contributed by atoms with Gasteiger partial charge in [-0.05, 0) is 31.5 Å². The van der Waals surface area contributed by atoms with E-state index in [9.17, 15) is 0 Å². The zero-order valence-corrected chi connectivity index (χ0v) is 7.75. The van der Waals surface area contributed by atoms with E-state index in [2.05, 4.69) is 10.5 Å². The fourth-order valence-electron chi connectivity index (χ4n) is 1.49. The molecule has 4 nitrogen and oxygen atoms in total. The second-order valence-corrected chi connectivity index (χ2v) is 3.36. The maximum atomic E-state index is 5.61.